The number of nitriles is 1. The summed E-state index contributed by atoms with van der Waals surface area (Å²) in [7, 11) is -4.41. The van der Waals surface area contributed by atoms with Gasteiger partial charge in [-0.3, -0.25) is 9.55 Å². The molecule has 0 bridgehead atoms. The van der Waals surface area contributed by atoms with E-state index in [9.17, 15) is 24.4 Å². The first-order valence-corrected chi connectivity index (χ1v) is 12.2. The molecule has 186 valence electrons. The lowest BCUT2D eigenvalue weighted by atomic mass is 10.1. The molecule has 0 amide bonds. The van der Waals surface area contributed by atoms with Gasteiger partial charge in [0.05, 0.1) is 29.9 Å². The van der Waals surface area contributed by atoms with Gasteiger partial charge in [-0.05, 0) is 25.1 Å². The van der Waals surface area contributed by atoms with Crippen molar-refractivity contribution in [1.29, 1.82) is 5.26 Å². The minimum absolute atomic E-state index is 0.172. The van der Waals surface area contributed by atoms with Crippen molar-refractivity contribution in [1.82, 2.24) is 19.5 Å². The molecule has 15 heteroatoms. The SMILES string of the molecule is C[C@H](Nc1nc(C#N)nc2c1ccn2[C@@H]1O[C@H](COCP(=O)(O)O)[C@@H](O)[C@H]1O)c1ccc(F)cn1. The normalized spacial score (nSPS) is 23.3. The van der Waals surface area contributed by atoms with Gasteiger partial charge in [-0.25, -0.2) is 14.4 Å². The highest BCUT2D eigenvalue weighted by molar-refractivity contribution is 7.51. The first kappa shape index (κ1) is 25.1. The highest BCUT2D eigenvalue weighted by Crippen LogP contribution is 2.36. The minimum atomic E-state index is -4.41. The van der Waals surface area contributed by atoms with E-state index in [0.29, 0.717) is 16.9 Å². The molecular formula is C20H22FN6O7P. The molecule has 4 heterocycles. The lowest BCUT2D eigenvalue weighted by molar-refractivity contribution is -0.0610. The molecule has 5 N–H and O–H groups in total. The molecule has 0 spiro atoms. The van der Waals surface area contributed by atoms with Gasteiger partial charge in [-0.15, -0.1) is 0 Å². The Balaban J connectivity index is 1.60. The highest BCUT2D eigenvalue weighted by Gasteiger charge is 2.44. The van der Waals surface area contributed by atoms with E-state index in [2.05, 4.69) is 20.3 Å². The summed E-state index contributed by atoms with van der Waals surface area (Å²) in [4.78, 5) is 30.3. The van der Waals surface area contributed by atoms with E-state index in [1.165, 1.54) is 22.9 Å². The molecule has 4 rings (SSSR count). The third-order valence-corrected chi connectivity index (χ3v) is 5.89. The molecule has 0 unspecified atom stereocenters. The molecule has 0 aromatic carbocycles. The molecule has 35 heavy (non-hydrogen) atoms. The summed E-state index contributed by atoms with van der Waals surface area (Å²) in [5, 5.41) is 33.9. The van der Waals surface area contributed by atoms with Crippen molar-refractivity contribution in [3.8, 4) is 6.07 Å². The standard InChI is InChI=1S/C20H22FN6O7P/c1-10(13-3-2-11(21)7-23-13)24-18-12-4-5-27(19(12)26-15(6-22)25-18)20-17(29)16(28)14(34-20)8-33-9-35(30,31)32/h2-5,7,10,14,16-17,20,28-29H,8-9H2,1H3,(H,24,25,26)(H2,30,31,32)/t10-,14+,16+,17+,20+/m0/s1. The van der Waals surface area contributed by atoms with Crippen LogP contribution in [0.1, 0.15) is 30.7 Å². The smallest absolute Gasteiger partial charge is 0.350 e. The van der Waals surface area contributed by atoms with Crippen molar-refractivity contribution in [3.05, 3.63) is 47.9 Å². The number of ether oxygens (including phenoxy) is 2. The highest BCUT2D eigenvalue weighted by atomic mass is 31.2. The second-order valence-electron chi connectivity index (χ2n) is 7.95. The predicted octanol–water partition coefficient (Wildman–Crippen LogP) is 0.781. The third kappa shape index (κ3) is 5.47. The number of aliphatic hydroxyl groups is 2. The molecule has 0 aliphatic carbocycles. The van der Waals surface area contributed by atoms with Gasteiger partial charge >= 0.3 is 7.60 Å². The van der Waals surface area contributed by atoms with Crippen LogP contribution >= 0.6 is 7.60 Å². The number of nitrogens with one attached hydrogen (secondary N) is 1. The zero-order chi connectivity index (χ0) is 25.3. The van der Waals surface area contributed by atoms with Gasteiger partial charge in [-0.2, -0.15) is 5.26 Å². The average molecular weight is 508 g/mol. The van der Waals surface area contributed by atoms with Crippen molar-refractivity contribution in [2.75, 3.05) is 18.3 Å². The van der Waals surface area contributed by atoms with Crippen LogP contribution in [0.4, 0.5) is 10.2 Å². The summed E-state index contributed by atoms with van der Waals surface area (Å²) in [5.41, 5.74) is 0.762. The van der Waals surface area contributed by atoms with E-state index in [-0.39, 0.29) is 18.1 Å². The second-order valence-corrected chi connectivity index (χ2v) is 9.53. The van der Waals surface area contributed by atoms with Crippen molar-refractivity contribution in [2.24, 2.45) is 0 Å². The number of fused-ring (bicyclic) bond motifs is 1. The summed E-state index contributed by atoms with van der Waals surface area (Å²) in [6, 6.07) is 5.88. The van der Waals surface area contributed by atoms with Crippen molar-refractivity contribution in [2.45, 2.75) is 37.5 Å². The monoisotopic (exact) mass is 508 g/mol. The van der Waals surface area contributed by atoms with E-state index in [1.807, 2.05) is 6.07 Å². The van der Waals surface area contributed by atoms with Crippen molar-refractivity contribution in [3.63, 3.8) is 0 Å². The zero-order valence-corrected chi connectivity index (χ0v) is 19.2. The predicted molar refractivity (Wildman–Crippen MR) is 117 cm³/mol. The Labute approximate surface area is 198 Å². The molecule has 0 radical (unpaired) electrons. The number of rotatable bonds is 8. The van der Waals surface area contributed by atoms with Gasteiger partial charge < -0.3 is 39.4 Å². The Morgan fingerprint density at radius 2 is 2.09 bits per heavy atom. The molecule has 1 saturated heterocycles. The molecule has 1 aliphatic rings. The maximum absolute atomic E-state index is 13.2. The van der Waals surface area contributed by atoms with Crippen LogP contribution in [-0.4, -0.2) is 70.8 Å². The number of pyridine rings is 1. The Kier molecular flexibility index (Phi) is 7.11. The summed E-state index contributed by atoms with van der Waals surface area (Å²) in [6.45, 7) is 1.41. The van der Waals surface area contributed by atoms with Gasteiger partial charge in [0.25, 0.3) is 0 Å². The van der Waals surface area contributed by atoms with Crippen LogP contribution in [0.25, 0.3) is 11.0 Å². The Morgan fingerprint density at radius 1 is 1.31 bits per heavy atom. The van der Waals surface area contributed by atoms with Gasteiger partial charge in [0.1, 0.15) is 48.0 Å². The van der Waals surface area contributed by atoms with Crippen LogP contribution in [-0.2, 0) is 14.0 Å². The van der Waals surface area contributed by atoms with E-state index >= 15 is 0 Å². The fraction of sp³-hybridized carbons (Fsp3) is 0.400. The van der Waals surface area contributed by atoms with Gasteiger partial charge in [0.15, 0.2) is 6.23 Å². The fourth-order valence-corrected chi connectivity index (χ4v) is 4.05. The molecule has 1 fully saturated rings. The number of hydrogen-bond acceptors (Lipinski definition) is 10. The first-order valence-electron chi connectivity index (χ1n) is 10.4. The average Bonchev–Trinajstić information content (AvgIpc) is 3.35. The number of hydrogen-bond donors (Lipinski definition) is 5. The topological polar surface area (TPSA) is 196 Å². The maximum atomic E-state index is 13.2. The van der Waals surface area contributed by atoms with Crippen LogP contribution in [0.3, 0.4) is 0 Å². The number of aliphatic hydroxyl groups excluding tert-OH is 2. The lowest BCUT2D eigenvalue weighted by Gasteiger charge is -2.18. The van der Waals surface area contributed by atoms with Gasteiger partial charge in [0.2, 0.25) is 5.82 Å². The maximum Gasteiger partial charge on any atom is 0.350 e. The summed E-state index contributed by atoms with van der Waals surface area (Å²) in [6.07, 6.45) is -3.27. The molecule has 0 saturated carbocycles. The Bertz CT molecular complexity index is 1290. The zero-order valence-electron chi connectivity index (χ0n) is 18.3. The van der Waals surface area contributed by atoms with E-state index in [1.54, 1.807) is 13.0 Å². The van der Waals surface area contributed by atoms with E-state index in [0.717, 1.165) is 6.20 Å². The number of nitrogens with zero attached hydrogens (tertiary/aromatic N) is 5. The second kappa shape index (κ2) is 9.92. The molecular weight excluding hydrogens is 486 g/mol. The largest absolute Gasteiger partial charge is 0.387 e. The van der Waals surface area contributed by atoms with Crippen LogP contribution in [0, 0.1) is 17.1 Å². The Morgan fingerprint density at radius 3 is 2.74 bits per heavy atom. The van der Waals surface area contributed by atoms with E-state index < -0.39 is 50.3 Å². The van der Waals surface area contributed by atoms with Crippen LogP contribution < -0.4 is 5.32 Å². The minimum Gasteiger partial charge on any atom is -0.387 e. The van der Waals surface area contributed by atoms with Crippen LogP contribution in [0.5, 0.6) is 0 Å². The number of aromatic nitrogens is 4. The fourth-order valence-electron chi connectivity index (χ4n) is 3.71. The van der Waals surface area contributed by atoms with Gasteiger partial charge in [-0.1, -0.05) is 0 Å². The summed E-state index contributed by atoms with van der Waals surface area (Å²) < 4.78 is 36.2. The molecule has 1 aliphatic heterocycles. The van der Waals surface area contributed by atoms with Crippen molar-refractivity contribution < 1.29 is 38.4 Å². The third-order valence-electron chi connectivity index (χ3n) is 5.37. The van der Waals surface area contributed by atoms with E-state index in [4.69, 9.17) is 19.3 Å². The van der Waals surface area contributed by atoms with Gasteiger partial charge in [0, 0.05) is 6.20 Å². The van der Waals surface area contributed by atoms with Crippen molar-refractivity contribution >= 4 is 24.4 Å². The van der Waals surface area contributed by atoms with Crippen LogP contribution in [0.15, 0.2) is 30.6 Å². The first-order chi connectivity index (χ1) is 16.6. The Hall–Kier alpha value is -3.02. The molecule has 3 aromatic heterocycles. The summed E-state index contributed by atoms with van der Waals surface area (Å²) >= 11 is 0. The molecule has 13 nitrogen and oxygen atoms in total. The summed E-state index contributed by atoms with van der Waals surface area (Å²) in [5.74, 6) is -0.357. The quantitative estimate of drug-likeness (QED) is 0.269. The molecule has 3 aromatic rings. The molecule has 5 atom stereocenters. The van der Waals surface area contributed by atoms with Crippen LogP contribution in [0.2, 0.25) is 0 Å². The number of anilines is 1. The lowest BCUT2D eigenvalue weighted by Crippen LogP contribution is -2.33. The number of halogens is 1.